The highest BCUT2D eigenvalue weighted by atomic mass is 16.2. The molecule has 2 amide bonds. The Morgan fingerprint density at radius 1 is 0.647 bits per heavy atom. The van der Waals surface area contributed by atoms with Crippen LogP contribution in [0.3, 0.4) is 0 Å². The lowest BCUT2D eigenvalue weighted by atomic mass is 10.0. The predicted octanol–water partition coefficient (Wildman–Crippen LogP) is 5.87. The van der Waals surface area contributed by atoms with Crippen molar-refractivity contribution in [3.8, 4) is 0 Å². The Morgan fingerprint density at radius 3 is 1.32 bits per heavy atom. The first kappa shape index (κ1) is 27.0. The van der Waals surface area contributed by atoms with Crippen molar-refractivity contribution < 1.29 is 9.59 Å². The van der Waals surface area contributed by atoms with Gasteiger partial charge in [-0.15, -0.1) is 0 Å². The first-order valence-electron chi connectivity index (χ1n) is 12.2. The molecule has 0 aliphatic rings. The highest BCUT2D eigenvalue weighted by Gasteiger charge is 2.03. The van der Waals surface area contributed by atoms with Crippen LogP contribution in [0.5, 0.6) is 0 Å². The summed E-state index contributed by atoms with van der Waals surface area (Å²) in [5.74, 6) is 0.797. The fourth-order valence-electron chi connectivity index (χ4n) is 3.33. The van der Waals surface area contributed by atoms with Crippen molar-refractivity contribution in [3.05, 3.63) is 70.8 Å². The van der Waals surface area contributed by atoms with Crippen molar-refractivity contribution in [3.63, 3.8) is 0 Å². The topological polar surface area (TPSA) is 82.9 Å². The zero-order valence-electron chi connectivity index (χ0n) is 20.9. The monoisotopic (exact) mass is 462 g/mol. The largest absolute Gasteiger partial charge is 0.273 e. The average Bonchev–Trinajstić information content (AvgIpc) is 2.82. The molecule has 6 nitrogen and oxygen atoms in total. The van der Waals surface area contributed by atoms with E-state index >= 15 is 0 Å². The van der Waals surface area contributed by atoms with Gasteiger partial charge >= 0.3 is 0 Å². The number of hydrogen-bond donors (Lipinski definition) is 2. The van der Waals surface area contributed by atoms with E-state index in [1.165, 1.54) is 11.1 Å². The number of hydrogen-bond acceptors (Lipinski definition) is 4. The Morgan fingerprint density at radius 2 is 1.00 bits per heavy atom. The lowest BCUT2D eigenvalue weighted by Gasteiger charge is -2.04. The first-order chi connectivity index (χ1) is 16.3. The zero-order valence-corrected chi connectivity index (χ0v) is 20.9. The maximum atomic E-state index is 11.9. The molecule has 0 heterocycles. The van der Waals surface area contributed by atoms with Crippen LogP contribution in [0.25, 0.3) is 0 Å². The van der Waals surface area contributed by atoms with Crippen LogP contribution in [-0.2, 0) is 9.59 Å². The second kappa shape index (κ2) is 14.8. The van der Waals surface area contributed by atoms with E-state index in [4.69, 9.17) is 0 Å². The van der Waals surface area contributed by atoms with Crippen molar-refractivity contribution in [2.45, 2.75) is 78.1 Å². The summed E-state index contributed by atoms with van der Waals surface area (Å²) in [7, 11) is 0. The summed E-state index contributed by atoms with van der Waals surface area (Å²) in [6.45, 7) is 8.62. The minimum atomic E-state index is -0.0939. The van der Waals surface area contributed by atoms with Crippen molar-refractivity contribution >= 4 is 24.2 Å². The molecule has 0 aliphatic carbocycles. The third-order valence-electron chi connectivity index (χ3n) is 5.57. The first-order valence-corrected chi connectivity index (χ1v) is 12.2. The number of nitrogens with one attached hydrogen (secondary N) is 2. The quantitative estimate of drug-likeness (QED) is 0.221. The van der Waals surface area contributed by atoms with Gasteiger partial charge in [0.05, 0.1) is 12.4 Å². The molecule has 2 aromatic carbocycles. The SMILES string of the molecule is CC(C)c1ccc(/C=N/NC(=O)CCCCCCC(=O)N/N=C/c2ccc(C(C)C)cc2)cc1. The van der Waals surface area contributed by atoms with Crippen molar-refractivity contribution in [2.24, 2.45) is 10.2 Å². The summed E-state index contributed by atoms with van der Waals surface area (Å²) in [4.78, 5) is 23.8. The molecule has 0 spiro atoms. The number of nitrogens with zero attached hydrogens (tertiary/aromatic N) is 2. The lowest BCUT2D eigenvalue weighted by Crippen LogP contribution is -2.17. The van der Waals surface area contributed by atoms with E-state index in [2.05, 4.69) is 73.0 Å². The van der Waals surface area contributed by atoms with Crippen LogP contribution >= 0.6 is 0 Å². The van der Waals surface area contributed by atoms with Gasteiger partial charge in [-0.05, 0) is 46.9 Å². The van der Waals surface area contributed by atoms with Crippen LogP contribution in [0.4, 0.5) is 0 Å². The Bertz CT molecular complexity index is 866. The molecule has 2 aromatic rings. The van der Waals surface area contributed by atoms with E-state index in [9.17, 15) is 9.59 Å². The van der Waals surface area contributed by atoms with Crippen molar-refractivity contribution in [2.75, 3.05) is 0 Å². The summed E-state index contributed by atoms with van der Waals surface area (Å²) >= 11 is 0. The summed E-state index contributed by atoms with van der Waals surface area (Å²) in [5, 5.41) is 8.05. The van der Waals surface area contributed by atoms with Gasteiger partial charge in [-0.25, -0.2) is 10.9 Å². The highest BCUT2D eigenvalue weighted by Crippen LogP contribution is 2.14. The molecule has 0 unspecified atom stereocenters. The number of benzene rings is 2. The second-order valence-electron chi connectivity index (χ2n) is 9.14. The van der Waals surface area contributed by atoms with Crippen molar-refractivity contribution in [1.82, 2.24) is 10.9 Å². The smallest absolute Gasteiger partial charge is 0.240 e. The van der Waals surface area contributed by atoms with Gasteiger partial charge < -0.3 is 0 Å². The maximum absolute atomic E-state index is 11.9. The standard InChI is InChI=1S/C28H38N4O2/c1-21(2)25-15-11-23(12-16-25)19-29-31-27(33)9-7-5-6-8-10-28(34)32-30-20-24-13-17-26(18-14-24)22(3)4/h11-22H,5-10H2,1-4H3,(H,31,33)(H,32,34)/b29-19+,30-20+. The van der Waals surface area contributed by atoms with E-state index in [0.717, 1.165) is 36.8 Å². The third-order valence-corrected chi connectivity index (χ3v) is 5.57. The lowest BCUT2D eigenvalue weighted by molar-refractivity contribution is -0.122. The molecule has 2 rings (SSSR count). The number of rotatable bonds is 13. The maximum Gasteiger partial charge on any atom is 0.240 e. The van der Waals surface area contributed by atoms with Gasteiger partial charge in [0.15, 0.2) is 0 Å². The Balaban J connectivity index is 1.52. The number of unbranched alkanes of at least 4 members (excludes halogenated alkanes) is 3. The highest BCUT2D eigenvalue weighted by molar-refractivity contribution is 5.83. The molecule has 0 fully saturated rings. The van der Waals surface area contributed by atoms with Gasteiger partial charge in [0.2, 0.25) is 11.8 Å². The van der Waals surface area contributed by atoms with E-state index < -0.39 is 0 Å². The van der Waals surface area contributed by atoms with E-state index in [1.54, 1.807) is 12.4 Å². The van der Waals surface area contributed by atoms with Crippen LogP contribution in [0, 0.1) is 0 Å². The predicted molar refractivity (Wildman–Crippen MR) is 140 cm³/mol. The second-order valence-corrected chi connectivity index (χ2v) is 9.14. The molecule has 0 radical (unpaired) electrons. The molecule has 0 aromatic heterocycles. The van der Waals surface area contributed by atoms with Gasteiger partial charge in [0, 0.05) is 12.8 Å². The molecule has 2 N–H and O–H groups in total. The average molecular weight is 463 g/mol. The van der Waals surface area contributed by atoms with Crippen LogP contribution in [0.1, 0.15) is 100 Å². The Kier molecular flexibility index (Phi) is 11.7. The summed E-state index contributed by atoms with van der Waals surface area (Å²) in [5.41, 5.74) is 9.61. The minimum absolute atomic E-state index is 0.0939. The molecule has 182 valence electrons. The molecule has 34 heavy (non-hydrogen) atoms. The fraction of sp³-hybridized carbons (Fsp3) is 0.429. The minimum Gasteiger partial charge on any atom is -0.273 e. The number of carbonyl (C=O) groups excluding carboxylic acids is 2. The van der Waals surface area contributed by atoms with Gasteiger partial charge in [-0.1, -0.05) is 89.1 Å². The van der Waals surface area contributed by atoms with Gasteiger partial charge in [-0.2, -0.15) is 10.2 Å². The number of amides is 2. The molecular formula is C28H38N4O2. The molecular weight excluding hydrogens is 424 g/mol. The van der Waals surface area contributed by atoms with Crippen LogP contribution in [0.2, 0.25) is 0 Å². The zero-order chi connectivity index (χ0) is 24.8. The number of hydrazone groups is 2. The molecule has 6 heteroatoms. The molecule has 0 bridgehead atoms. The molecule has 0 saturated heterocycles. The summed E-state index contributed by atoms with van der Waals surface area (Å²) in [6, 6.07) is 16.3. The van der Waals surface area contributed by atoms with E-state index in [0.29, 0.717) is 24.7 Å². The normalized spacial score (nSPS) is 11.6. The Labute approximate surface area is 203 Å². The molecule has 0 atom stereocenters. The summed E-state index contributed by atoms with van der Waals surface area (Å²) in [6.07, 6.45) is 7.51. The van der Waals surface area contributed by atoms with E-state index in [-0.39, 0.29) is 11.8 Å². The fourth-order valence-corrected chi connectivity index (χ4v) is 3.33. The van der Waals surface area contributed by atoms with Crippen LogP contribution < -0.4 is 10.9 Å². The van der Waals surface area contributed by atoms with Gasteiger partial charge in [0.25, 0.3) is 0 Å². The molecule has 0 aliphatic heterocycles. The number of carbonyl (C=O) groups is 2. The Hall–Kier alpha value is -3.28. The molecule has 0 saturated carbocycles. The third kappa shape index (κ3) is 10.6. The van der Waals surface area contributed by atoms with Gasteiger partial charge in [-0.3, -0.25) is 9.59 Å². The summed E-state index contributed by atoms with van der Waals surface area (Å²) < 4.78 is 0. The van der Waals surface area contributed by atoms with E-state index in [1.807, 2.05) is 24.3 Å². The van der Waals surface area contributed by atoms with Gasteiger partial charge in [0.1, 0.15) is 0 Å². The van der Waals surface area contributed by atoms with Crippen molar-refractivity contribution in [1.29, 1.82) is 0 Å². The van der Waals surface area contributed by atoms with Crippen LogP contribution in [0.15, 0.2) is 58.7 Å². The van der Waals surface area contributed by atoms with Crippen LogP contribution in [-0.4, -0.2) is 24.2 Å².